The molecule has 7 heteroatoms. The molecule has 0 unspecified atom stereocenters. The van der Waals surface area contributed by atoms with Gasteiger partial charge in [0.05, 0.1) is 17.8 Å². The van der Waals surface area contributed by atoms with Gasteiger partial charge in [-0.1, -0.05) is 18.2 Å². The Morgan fingerprint density at radius 3 is 2.72 bits per heavy atom. The highest BCUT2D eigenvalue weighted by molar-refractivity contribution is 5.94. The van der Waals surface area contributed by atoms with Crippen molar-refractivity contribution in [3.8, 4) is 0 Å². The number of aliphatic carboxylic acids is 1. The fourth-order valence-corrected chi connectivity index (χ4v) is 2.45. The maximum Gasteiger partial charge on any atom is 0.309 e. The molecular weight excluding hydrogens is 320 g/mol. The van der Waals surface area contributed by atoms with Crippen molar-refractivity contribution < 1.29 is 14.7 Å². The lowest BCUT2D eigenvalue weighted by Gasteiger charge is -2.00. The number of carboxylic acids is 1. The van der Waals surface area contributed by atoms with Crippen molar-refractivity contribution in [2.45, 2.75) is 20.3 Å². The van der Waals surface area contributed by atoms with E-state index in [-0.39, 0.29) is 12.2 Å². The van der Waals surface area contributed by atoms with Gasteiger partial charge in [0.2, 0.25) is 0 Å². The number of nitrogens with zero attached hydrogens (tertiary/aromatic N) is 4. The molecule has 126 valence electrons. The lowest BCUT2D eigenvalue weighted by Crippen LogP contribution is -2.00. The monoisotopic (exact) mass is 336 g/mol. The summed E-state index contributed by atoms with van der Waals surface area (Å²) in [5.41, 5.74) is 2.98. The van der Waals surface area contributed by atoms with E-state index in [2.05, 4.69) is 15.2 Å². The molecule has 0 fully saturated rings. The minimum Gasteiger partial charge on any atom is -0.481 e. The van der Waals surface area contributed by atoms with E-state index in [1.165, 1.54) is 6.92 Å². The fourth-order valence-electron chi connectivity index (χ4n) is 2.45. The number of imidazole rings is 1. The second kappa shape index (κ2) is 6.64. The van der Waals surface area contributed by atoms with Crippen LogP contribution in [0.3, 0.4) is 0 Å². The molecule has 0 amide bonds. The highest BCUT2D eigenvalue weighted by Gasteiger charge is 2.15. The molecule has 0 atom stereocenters. The summed E-state index contributed by atoms with van der Waals surface area (Å²) < 4.78 is 1.71. The number of carbonyl (C=O) groups is 2. The first-order valence-corrected chi connectivity index (χ1v) is 7.66. The smallest absolute Gasteiger partial charge is 0.309 e. The number of aryl methyl sites for hydroxylation is 1. The molecule has 0 aliphatic rings. The number of hydrogen-bond donors (Lipinski definition) is 1. The van der Waals surface area contributed by atoms with Crippen LogP contribution < -0.4 is 0 Å². The van der Waals surface area contributed by atoms with E-state index < -0.39 is 5.97 Å². The number of carboxylic acid groups (broad SMARTS) is 1. The predicted molar refractivity (Wildman–Crippen MR) is 91.9 cm³/mol. The van der Waals surface area contributed by atoms with Gasteiger partial charge in [-0.3, -0.25) is 14.0 Å². The third-order valence-corrected chi connectivity index (χ3v) is 3.64. The van der Waals surface area contributed by atoms with Gasteiger partial charge in [0.25, 0.3) is 0 Å². The highest BCUT2D eigenvalue weighted by Crippen LogP contribution is 2.25. The molecule has 0 radical (unpaired) electrons. The second-order valence-corrected chi connectivity index (χ2v) is 5.69. The molecule has 0 saturated carbocycles. The van der Waals surface area contributed by atoms with Gasteiger partial charge >= 0.3 is 5.97 Å². The number of pyridine rings is 1. The number of rotatable bonds is 5. The van der Waals surface area contributed by atoms with Gasteiger partial charge in [0, 0.05) is 11.8 Å². The Labute approximate surface area is 143 Å². The molecule has 3 aromatic rings. The Kier molecular flexibility index (Phi) is 4.38. The van der Waals surface area contributed by atoms with Gasteiger partial charge in [-0.25, -0.2) is 4.98 Å². The van der Waals surface area contributed by atoms with E-state index in [9.17, 15) is 9.59 Å². The van der Waals surface area contributed by atoms with Crippen molar-refractivity contribution in [3.63, 3.8) is 0 Å². The lowest BCUT2D eigenvalue weighted by molar-refractivity contribution is -0.136. The lowest BCUT2D eigenvalue weighted by atomic mass is 10.1. The largest absolute Gasteiger partial charge is 0.481 e. The van der Waals surface area contributed by atoms with Crippen LogP contribution in [0.1, 0.15) is 28.5 Å². The zero-order chi connectivity index (χ0) is 18.0. The van der Waals surface area contributed by atoms with Crippen molar-refractivity contribution in [1.82, 2.24) is 9.38 Å². The van der Waals surface area contributed by atoms with Gasteiger partial charge in [0.1, 0.15) is 5.65 Å². The first kappa shape index (κ1) is 16.5. The average Bonchev–Trinajstić information content (AvgIpc) is 2.89. The van der Waals surface area contributed by atoms with Crippen LogP contribution in [0, 0.1) is 6.92 Å². The van der Waals surface area contributed by atoms with E-state index in [1.807, 2.05) is 19.2 Å². The molecule has 0 aliphatic carbocycles. The van der Waals surface area contributed by atoms with Crippen molar-refractivity contribution in [3.05, 3.63) is 59.4 Å². The Balaban J connectivity index is 2.07. The van der Waals surface area contributed by atoms with Crippen LogP contribution >= 0.6 is 0 Å². The van der Waals surface area contributed by atoms with Crippen LogP contribution in [0.2, 0.25) is 0 Å². The summed E-state index contributed by atoms with van der Waals surface area (Å²) >= 11 is 0. The number of ketones is 1. The summed E-state index contributed by atoms with van der Waals surface area (Å²) in [7, 11) is 0. The Morgan fingerprint density at radius 2 is 2.00 bits per heavy atom. The van der Waals surface area contributed by atoms with Gasteiger partial charge in [0.15, 0.2) is 11.6 Å². The molecule has 2 heterocycles. The Hall–Kier alpha value is -3.35. The molecular formula is C18H16N4O3. The van der Waals surface area contributed by atoms with Gasteiger partial charge in [-0.2, -0.15) is 0 Å². The van der Waals surface area contributed by atoms with Crippen molar-refractivity contribution in [1.29, 1.82) is 0 Å². The number of carbonyl (C=O) groups excluding carboxylic acids is 1. The molecule has 1 aromatic carbocycles. The van der Waals surface area contributed by atoms with Crippen LogP contribution in [0.15, 0.2) is 52.8 Å². The SMILES string of the molecule is CC(=O)c1cccc(N=Nc2c(CC(=O)O)nc3ccc(C)cn23)c1. The number of benzene rings is 1. The quantitative estimate of drug-likeness (QED) is 0.564. The van der Waals surface area contributed by atoms with Gasteiger partial charge in [-0.05, 0) is 37.6 Å². The predicted octanol–water partition coefficient (Wildman–Crippen LogP) is 3.89. The van der Waals surface area contributed by atoms with E-state index in [0.29, 0.717) is 28.4 Å². The molecule has 0 bridgehead atoms. The van der Waals surface area contributed by atoms with Crippen LogP contribution in [0.4, 0.5) is 11.5 Å². The summed E-state index contributed by atoms with van der Waals surface area (Å²) in [4.78, 5) is 26.9. The molecule has 1 N–H and O–H groups in total. The Morgan fingerprint density at radius 1 is 1.20 bits per heavy atom. The Bertz CT molecular complexity index is 1000. The van der Waals surface area contributed by atoms with E-state index >= 15 is 0 Å². The van der Waals surface area contributed by atoms with E-state index in [0.717, 1.165) is 5.56 Å². The summed E-state index contributed by atoms with van der Waals surface area (Å²) in [6, 6.07) is 10.5. The summed E-state index contributed by atoms with van der Waals surface area (Å²) in [5.74, 6) is -0.682. The van der Waals surface area contributed by atoms with Crippen molar-refractivity contribution >= 4 is 28.9 Å². The molecule has 0 aliphatic heterocycles. The van der Waals surface area contributed by atoms with E-state index in [1.54, 1.807) is 34.7 Å². The van der Waals surface area contributed by atoms with Crippen LogP contribution in [0.5, 0.6) is 0 Å². The molecule has 0 saturated heterocycles. The zero-order valence-electron chi connectivity index (χ0n) is 13.8. The fraction of sp³-hybridized carbons (Fsp3) is 0.167. The number of fused-ring (bicyclic) bond motifs is 1. The maximum absolute atomic E-state index is 11.5. The first-order chi connectivity index (χ1) is 11.9. The number of hydrogen-bond acceptors (Lipinski definition) is 5. The van der Waals surface area contributed by atoms with Crippen LogP contribution in [-0.4, -0.2) is 26.2 Å². The normalized spacial score (nSPS) is 11.3. The van der Waals surface area contributed by atoms with E-state index in [4.69, 9.17) is 5.11 Å². The topological polar surface area (TPSA) is 96.4 Å². The summed E-state index contributed by atoms with van der Waals surface area (Å²) in [6.45, 7) is 3.40. The van der Waals surface area contributed by atoms with Crippen molar-refractivity contribution in [2.24, 2.45) is 10.2 Å². The number of aromatic nitrogens is 2. The zero-order valence-corrected chi connectivity index (χ0v) is 13.8. The maximum atomic E-state index is 11.5. The molecule has 0 spiro atoms. The third-order valence-electron chi connectivity index (χ3n) is 3.64. The minimum absolute atomic E-state index is 0.0611. The first-order valence-electron chi connectivity index (χ1n) is 7.66. The average molecular weight is 336 g/mol. The summed E-state index contributed by atoms with van der Waals surface area (Å²) in [6.07, 6.45) is 1.58. The summed E-state index contributed by atoms with van der Waals surface area (Å²) in [5, 5.41) is 17.5. The third kappa shape index (κ3) is 3.60. The molecule has 2 aromatic heterocycles. The van der Waals surface area contributed by atoms with Crippen molar-refractivity contribution in [2.75, 3.05) is 0 Å². The van der Waals surface area contributed by atoms with Gasteiger partial charge < -0.3 is 5.11 Å². The van der Waals surface area contributed by atoms with Crippen LogP contribution in [-0.2, 0) is 11.2 Å². The second-order valence-electron chi connectivity index (χ2n) is 5.69. The molecule has 25 heavy (non-hydrogen) atoms. The van der Waals surface area contributed by atoms with Gasteiger partial charge in [-0.15, -0.1) is 10.2 Å². The minimum atomic E-state index is -0.991. The standard InChI is InChI=1S/C18H16N4O3/c1-11-6-7-16-19-15(9-17(24)25)18(22(16)10-11)21-20-14-5-3-4-13(8-14)12(2)23/h3-8,10H,9H2,1-2H3,(H,24,25). The number of Topliss-reactive ketones (excluding diaryl/α,β-unsaturated/α-hetero) is 1. The molecule has 3 rings (SSSR count). The van der Waals surface area contributed by atoms with Crippen LogP contribution in [0.25, 0.3) is 5.65 Å². The number of azo groups is 1. The molecule has 7 nitrogen and oxygen atoms in total. The highest BCUT2D eigenvalue weighted by atomic mass is 16.4.